The zero-order chi connectivity index (χ0) is 19.9. The van der Waals surface area contributed by atoms with Crippen LogP contribution in [0.5, 0.6) is 5.75 Å². The molecule has 2 aromatic rings. The highest BCUT2D eigenvalue weighted by Crippen LogP contribution is 2.43. The monoisotopic (exact) mass is 480 g/mol. The van der Waals surface area contributed by atoms with E-state index in [4.69, 9.17) is 4.74 Å². The minimum Gasteiger partial charge on any atom is -0.484 e. The summed E-state index contributed by atoms with van der Waals surface area (Å²) in [5.41, 5.74) is 2.33. The Balaban J connectivity index is 1.55. The molecule has 0 atom stereocenters. The highest BCUT2D eigenvalue weighted by molar-refractivity contribution is 9.10. The summed E-state index contributed by atoms with van der Waals surface area (Å²) < 4.78 is 6.89. The maximum Gasteiger partial charge on any atom is 0.262 e. The van der Waals surface area contributed by atoms with Gasteiger partial charge in [0.2, 0.25) is 5.91 Å². The lowest BCUT2D eigenvalue weighted by atomic mass is 10.2. The van der Waals surface area contributed by atoms with Gasteiger partial charge in [-0.3, -0.25) is 9.59 Å². The molecule has 1 heterocycles. The number of amides is 2. The molecule has 2 aromatic carbocycles. The van der Waals surface area contributed by atoms with E-state index in [0.717, 1.165) is 4.47 Å². The van der Waals surface area contributed by atoms with Gasteiger partial charge in [0.05, 0.1) is 16.0 Å². The van der Waals surface area contributed by atoms with E-state index in [1.165, 1.54) is 30.4 Å². The fourth-order valence-electron chi connectivity index (χ4n) is 2.66. The van der Waals surface area contributed by atoms with Crippen LogP contribution in [0.25, 0.3) is 0 Å². The summed E-state index contributed by atoms with van der Waals surface area (Å²) in [5.74, 6) is 2.55. The van der Waals surface area contributed by atoms with Crippen LogP contribution >= 0.6 is 39.5 Å². The van der Waals surface area contributed by atoms with Crippen molar-refractivity contribution >= 4 is 62.6 Å². The number of anilines is 2. The molecule has 0 radical (unpaired) electrons. The first-order chi connectivity index (χ1) is 13.5. The predicted molar refractivity (Wildman–Crippen MR) is 121 cm³/mol. The Morgan fingerprint density at radius 1 is 1.07 bits per heavy atom. The van der Waals surface area contributed by atoms with Gasteiger partial charge in [-0.05, 0) is 53.8 Å². The molecule has 2 amide bonds. The van der Waals surface area contributed by atoms with Gasteiger partial charge in [-0.1, -0.05) is 28.1 Å². The van der Waals surface area contributed by atoms with Crippen molar-refractivity contribution in [3.05, 3.63) is 52.5 Å². The first-order valence-corrected chi connectivity index (χ1v) is 11.7. The molecule has 0 spiro atoms. The van der Waals surface area contributed by atoms with Crippen molar-refractivity contribution in [2.75, 3.05) is 28.7 Å². The van der Waals surface area contributed by atoms with Crippen LogP contribution in [0, 0.1) is 0 Å². The van der Waals surface area contributed by atoms with Crippen molar-refractivity contribution in [3.63, 3.8) is 0 Å². The zero-order valence-corrected chi connectivity index (χ0v) is 18.6. The van der Waals surface area contributed by atoms with Crippen LogP contribution in [0.4, 0.5) is 11.4 Å². The Hall–Kier alpha value is -1.64. The molecule has 1 aliphatic rings. The number of nitrogens with one attached hydrogen (secondary N) is 2. The van der Waals surface area contributed by atoms with Crippen LogP contribution in [0.15, 0.2) is 46.9 Å². The molecule has 8 heteroatoms. The number of halogens is 1. The summed E-state index contributed by atoms with van der Waals surface area (Å²) in [6, 6.07) is 13.2. The van der Waals surface area contributed by atoms with E-state index in [9.17, 15) is 9.59 Å². The van der Waals surface area contributed by atoms with Crippen molar-refractivity contribution in [1.82, 2.24) is 0 Å². The SMILES string of the molecule is CC(=O)Nc1ccc(Br)cc1NC(=O)COc1ccc(C2SCCCS2)cc1. The molecule has 0 saturated carbocycles. The average molecular weight is 481 g/mol. The highest BCUT2D eigenvalue weighted by atomic mass is 79.9. The zero-order valence-electron chi connectivity index (χ0n) is 15.4. The molecule has 0 aromatic heterocycles. The molecule has 1 aliphatic heterocycles. The standard InChI is InChI=1S/C20H21BrN2O3S2/c1-13(24)22-17-8-5-15(21)11-18(17)23-19(25)12-26-16-6-3-14(4-7-16)20-27-9-2-10-28-20/h3-8,11,20H,2,9-10,12H2,1H3,(H,22,24)(H,23,25). The molecular formula is C20H21BrN2O3S2. The lowest BCUT2D eigenvalue weighted by Crippen LogP contribution is -2.21. The lowest BCUT2D eigenvalue weighted by Gasteiger charge is -2.21. The fourth-order valence-corrected chi connectivity index (χ4v) is 5.91. The Morgan fingerprint density at radius 2 is 1.79 bits per heavy atom. The van der Waals surface area contributed by atoms with Gasteiger partial charge in [-0.15, -0.1) is 23.5 Å². The number of benzene rings is 2. The lowest BCUT2D eigenvalue weighted by molar-refractivity contribution is -0.118. The topological polar surface area (TPSA) is 67.4 Å². The van der Waals surface area contributed by atoms with Crippen LogP contribution < -0.4 is 15.4 Å². The summed E-state index contributed by atoms with van der Waals surface area (Å²) in [4.78, 5) is 23.6. The maximum absolute atomic E-state index is 12.3. The van der Waals surface area contributed by atoms with Gasteiger partial charge < -0.3 is 15.4 Å². The number of ether oxygens (including phenoxy) is 1. The van der Waals surface area contributed by atoms with E-state index in [1.807, 2.05) is 35.7 Å². The van der Waals surface area contributed by atoms with Crippen LogP contribution in [-0.2, 0) is 9.59 Å². The van der Waals surface area contributed by atoms with Gasteiger partial charge in [0, 0.05) is 11.4 Å². The van der Waals surface area contributed by atoms with Crippen LogP contribution in [0.1, 0.15) is 23.5 Å². The molecule has 28 heavy (non-hydrogen) atoms. The second-order valence-electron chi connectivity index (χ2n) is 6.20. The average Bonchev–Trinajstić information content (AvgIpc) is 2.69. The Morgan fingerprint density at radius 3 is 2.46 bits per heavy atom. The molecule has 1 saturated heterocycles. The number of carbonyl (C=O) groups excluding carboxylic acids is 2. The largest absolute Gasteiger partial charge is 0.484 e. The summed E-state index contributed by atoms with van der Waals surface area (Å²) in [6.45, 7) is 1.31. The van der Waals surface area contributed by atoms with Gasteiger partial charge in [0.25, 0.3) is 5.91 Å². The van der Waals surface area contributed by atoms with Gasteiger partial charge in [-0.25, -0.2) is 0 Å². The molecule has 0 aliphatic carbocycles. The normalized spacial score (nSPS) is 14.4. The van der Waals surface area contributed by atoms with Crippen molar-refractivity contribution < 1.29 is 14.3 Å². The van der Waals surface area contributed by atoms with Crippen LogP contribution in [0.2, 0.25) is 0 Å². The maximum atomic E-state index is 12.3. The summed E-state index contributed by atoms with van der Waals surface area (Å²) in [6.07, 6.45) is 1.27. The third kappa shape index (κ3) is 6.18. The molecule has 0 bridgehead atoms. The van der Waals surface area contributed by atoms with E-state index in [1.54, 1.807) is 18.2 Å². The van der Waals surface area contributed by atoms with Gasteiger partial charge in [0.15, 0.2) is 6.61 Å². The minimum absolute atomic E-state index is 0.113. The highest BCUT2D eigenvalue weighted by Gasteiger charge is 2.16. The number of thioether (sulfide) groups is 2. The Kier molecular flexibility index (Phi) is 7.70. The second-order valence-corrected chi connectivity index (χ2v) is 9.84. The quantitative estimate of drug-likeness (QED) is 0.587. The molecule has 1 fully saturated rings. The third-order valence-corrected chi connectivity index (χ3v) is 7.42. The summed E-state index contributed by atoms with van der Waals surface area (Å²) in [5, 5.41) is 5.47. The van der Waals surface area contributed by atoms with Crippen molar-refractivity contribution in [3.8, 4) is 5.75 Å². The van der Waals surface area contributed by atoms with Crippen LogP contribution in [0.3, 0.4) is 0 Å². The smallest absolute Gasteiger partial charge is 0.262 e. The van der Waals surface area contributed by atoms with Crippen LogP contribution in [-0.4, -0.2) is 29.9 Å². The van der Waals surface area contributed by atoms with Gasteiger partial charge >= 0.3 is 0 Å². The molecule has 5 nitrogen and oxygen atoms in total. The van der Waals surface area contributed by atoms with Crippen molar-refractivity contribution in [2.24, 2.45) is 0 Å². The number of carbonyl (C=O) groups is 2. The number of rotatable bonds is 6. The third-order valence-electron chi connectivity index (χ3n) is 3.92. The fraction of sp³-hybridized carbons (Fsp3) is 0.300. The first kappa shape index (κ1) is 21.1. The van der Waals surface area contributed by atoms with E-state index < -0.39 is 0 Å². The van der Waals surface area contributed by atoms with Gasteiger partial charge in [0.1, 0.15) is 5.75 Å². The van der Waals surface area contributed by atoms with E-state index in [0.29, 0.717) is 21.7 Å². The molecule has 148 valence electrons. The second kappa shape index (κ2) is 10.2. The predicted octanol–water partition coefficient (Wildman–Crippen LogP) is 5.29. The van der Waals surface area contributed by atoms with Crippen molar-refractivity contribution in [1.29, 1.82) is 0 Å². The molecular weight excluding hydrogens is 460 g/mol. The molecule has 2 N–H and O–H groups in total. The number of hydrogen-bond acceptors (Lipinski definition) is 5. The minimum atomic E-state index is -0.299. The number of hydrogen-bond donors (Lipinski definition) is 2. The van der Waals surface area contributed by atoms with E-state index in [-0.39, 0.29) is 18.4 Å². The molecule has 3 rings (SSSR count). The Labute approximate surface area is 181 Å². The first-order valence-electron chi connectivity index (χ1n) is 8.84. The van der Waals surface area contributed by atoms with Gasteiger partial charge in [-0.2, -0.15) is 0 Å². The van der Waals surface area contributed by atoms with E-state index >= 15 is 0 Å². The Bertz CT molecular complexity index is 840. The summed E-state index contributed by atoms with van der Waals surface area (Å²) >= 11 is 7.31. The van der Waals surface area contributed by atoms with Crippen molar-refractivity contribution in [2.45, 2.75) is 17.9 Å². The summed E-state index contributed by atoms with van der Waals surface area (Å²) in [7, 11) is 0. The molecule has 0 unspecified atom stereocenters. The van der Waals surface area contributed by atoms with E-state index in [2.05, 4.69) is 38.7 Å².